The van der Waals surface area contributed by atoms with Crippen LogP contribution in [0.3, 0.4) is 0 Å². The summed E-state index contributed by atoms with van der Waals surface area (Å²) in [4.78, 5) is 2.61. The summed E-state index contributed by atoms with van der Waals surface area (Å²) in [5.41, 5.74) is 3.05. The Morgan fingerprint density at radius 3 is 2.65 bits per heavy atom. The van der Waals surface area contributed by atoms with E-state index >= 15 is 0 Å². The lowest BCUT2D eigenvalue weighted by Crippen LogP contribution is -2.45. The SMILES string of the molecule is CNC1c2ccccc2CCC1N(C)C1CC1. The molecule has 92 valence electrons. The molecular formula is C15H22N2. The predicted molar refractivity (Wildman–Crippen MR) is 71.1 cm³/mol. The number of nitrogens with zero attached hydrogens (tertiary/aromatic N) is 1. The second-order valence-electron chi connectivity index (χ2n) is 5.47. The van der Waals surface area contributed by atoms with E-state index in [0.717, 1.165) is 6.04 Å². The lowest BCUT2D eigenvalue weighted by Gasteiger charge is -2.39. The van der Waals surface area contributed by atoms with Crippen molar-refractivity contribution in [3.63, 3.8) is 0 Å². The number of fused-ring (bicyclic) bond motifs is 1. The molecule has 1 fully saturated rings. The predicted octanol–water partition coefficient (Wildman–Crippen LogP) is 2.36. The summed E-state index contributed by atoms with van der Waals surface area (Å²) in [6.07, 6.45) is 5.31. The molecule has 2 nitrogen and oxygen atoms in total. The molecule has 17 heavy (non-hydrogen) atoms. The fourth-order valence-corrected chi connectivity index (χ4v) is 3.28. The smallest absolute Gasteiger partial charge is 0.0478 e. The van der Waals surface area contributed by atoms with Gasteiger partial charge >= 0.3 is 0 Å². The van der Waals surface area contributed by atoms with Gasteiger partial charge in [0.1, 0.15) is 0 Å². The van der Waals surface area contributed by atoms with Gasteiger partial charge in [0, 0.05) is 18.1 Å². The normalized spacial score (nSPS) is 28.2. The first-order valence-corrected chi connectivity index (χ1v) is 6.78. The molecule has 0 spiro atoms. The van der Waals surface area contributed by atoms with Crippen LogP contribution in [0.1, 0.15) is 36.4 Å². The van der Waals surface area contributed by atoms with Crippen LogP contribution in [-0.4, -0.2) is 31.1 Å². The molecule has 0 saturated heterocycles. The van der Waals surface area contributed by atoms with Crippen molar-refractivity contribution < 1.29 is 0 Å². The Morgan fingerprint density at radius 2 is 1.94 bits per heavy atom. The average molecular weight is 230 g/mol. The monoisotopic (exact) mass is 230 g/mol. The maximum absolute atomic E-state index is 3.53. The van der Waals surface area contributed by atoms with Gasteiger partial charge in [-0.15, -0.1) is 0 Å². The first-order valence-electron chi connectivity index (χ1n) is 6.78. The first-order chi connectivity index (χ1) is 8.31. The zero-order valence-electron chi connectivity index (χ0n) is 10.8. The second kappa shape index (κ2) is 4.43. The van der Waals surface area contributed by atoms with Gasteiger partial charge < -0.3 is 5.32 Å². The van der Waals surface area contributed by atoms with Crippen molar-refractivity contribution in [1.82, 2.24) is 10.2 Å². The fourth-order valence-electron chi connectivity index (χ4n) is 3.28. The summed E-state index contributed by atoms with van der Waals surface area (Å²) in [5.74, 6) is 0. The second-order valence-corrected chi connectivity index (χ2v) is 5.47. The van der Waals surface area contributed by atoms with Crippen LogP contribution in [0.15, 0.2) is 24.3 Å². The zero-order chi connectivity index (χ0) is 11.8. The Labute approximate surface area is 104 Å². The number of rotatable bonds is 3. The average Bonchev–Trinajstić information content (AvgIpc) is 3.20. The van der Waals surface area contributed by atoms with Crippen molar-refractivity contribution >= 4 is 0 Å². The lowest BCUT2D eigenvalue weighted by molar-refractivity contribution is 0.169. The van der Waals surface area contributed by atoms with Crippen LogP contribution in [0.2, 0.25) is 0 Å². The largest absolute Gasteiger partial charge is 0.312 e. The van der Waals surface area contributed by atoms with E-state index in [4.69, 9.17) is 0 Å². The van der Waals surface area contributed by atoms with Crippen molar-refractivity contribution in [3.8, 4) is 0 Å². The Kier molecular flexibility index (Phi) is 2.93. The Balaban J connectivity index is 1.88. The molecule has 2 unspecified atom stereocenters. The molecule has 1 N–H and O–H groups in total. The van der Waals surface area contributed by atoms with E-state index in [1.54, 1.807) is 0 Å². The number of likely N-dealkylation sites (N-methyl/N-ethyl adjacent to an activating group) is 2. The van der Waals surface area contributed by atoms with E-state index in [1.807, 2.05) is 0 Å². The van der Waals surface area contributed by atoms with Crippen LogP contribution in [0.25, 0.3) is 0 Å². The van der Waals surface area contributed by atoms with Crippen LogP contribution >= 0.6 is 0 Å². The molecule has 0 bridgehead atoms. The van der Waals surface area contributed by atoms with Crippen LogP contribution in [0.5, 0.6) is 0 Å². The minimum absolute atomic E-state index is 0.505. The van der Waals surface area contributed by atoms with E-state index in [2.05, 4.69) is 48.6 Å². The van der Waals surface area contributed by atoms with Gasteiger partial charge in [0.05, 0.1) is 0 Å². The Morgan fingerprint density at radius 1 is 1.18 bits per heavy atom. The van der Waals surface area contributed by atoms with Gasteiger partial charge in [-0.2, -0.15) is 0 Å². The third-order valence-electron chi connectivity index (χ3n) is 4.44. The van der Waals surface area contributed by atoms with Gasteiger partial charge in [-0.05, 0) is 50.9 Å². The van der Waals surface area contributed by atoms with Gasteiger partial charge in [0.25, 0.3) is 0 Å². The number of hydrogen-bond acceptors (Lipinski definition) is 2. The van der Waals surface area contributed by atoms with Crippen LogP contribution in [-0.2, 0) is 6.42 Å². The summed E-state index contributed by atoms with van der Waals surface area (Å²) >= 11 is 0. The third-order valence-corrected chi connectivity index (χ3v) is 4.44. The van der Waals surface area contributed by atoms with E-state index in [0.29, 0.717) is 12.1 Å². The number of hydrogen-bond donors (Lipinski definition) is 1. The molecule has 1 aromatic carbocycles. The highest BCUT2D eigenvalue weighted by molar-refractivity contribution is 5.34. The molecule has 0 amide bonds. The molecule has 0 radical (unpaired) electrons. The minimum atomic E-state index is 0.505. The standard InChI is InChI=1S/C15H22N2/c1-16-15-13-6-4-3-5-11(13)7-10-14(15)17(2)12-8-9-12/h3-6,12,14-16H,7-10H2,1-2H3. The summed E-state index contributed by atoms with van der Waals surface area (Å²) < 4.78 is 0. The van der Waals surface area contributed by atoms with Gasteiger partial charge in [-0.1, -0.05) is 24.3 Å². The van der Waals surface area contributed by atoms with Crippen molar-refractivity contribution in [2.45, 2.75) is 43.8 Å². The molecule has 3 rings (SSSR count). The molecule has 0 heterocycles. The molecule has 2 heteroatoms. The molecule has 2 atom stereocenters. The van der Waals surface area contributed by atoms with Gasteiger partial charge in [-0.3, -0.25) is 4.90 Å². The van der Waals surface area contributed by atoms with Crippen molar-refractivity contribution in [1.29, 1.82) is 0 Å². The molecule has 2 aliphatic rings. The fraction of sp³-hybridized carbons (Fsp3) is 0.600. The molecule has 2 aliphatic carbocycles. The molecule has 0 aliphatic heterocycles. The third kappa shape index (κ3) is 2.00. The van der Waals surface area contributed by atoms with Crippen LogP contribution in [0.4, 0.5) is 0 Å². The highest BCUT2D eigenvalue weighted by Gasteiger charge is 2.37. The molecular weight excluding hydrogens is 208 g/mol. The van der Waals surface area contributed by atoms with Crippen LogP contribution < -0.4 is 5.32 Å². The zero-order valence-corrected chi connectivity index (χ0v) is 10.8. The van der Waals surface area contributed by atoms with Gasteiger partial charge in [0.2, 0.25) is 0 Å². The van der Waals surface area contributed by atoms with Crippen LogP contribution in [0, 0.1) is 0 Å². The Bertz CT molecular complexity index is 398. The van der Waals surface area contributed by atoms with Gasteiger partial charge in [-0.25, -0.2) is 0 Å². The van der Waals surface area contributed by atoms with E-state index in [1.165, 1.54) is 36.8 Å². The molecule has 1 saturated carbocycles. The summed E-state index contributed by atoms with van der Waals surface area (Å²) in [6.45, 7) is 0. The van der Waals surface area contributed by atoms with Crippen molar-refractivity contribution in [2.75, 3.05) is 14.1 Å². The minimum Gasteiger partial charge on any atom is -0.312 e. The quantitative estimate of drug-likeness (QED) is 0.857. The first kappa shape index (κ1) is 11.2. The van der Waals surface area contributed by atoms with E-state index < -0.39 is 0 Å². The summed E-state index contributed by atoms with van der Waals surface area (Å²) in [6, 6.07) is 10.9. The maximum Gasteiger partial charge on any atom is 0.0478 e. The summed E-state index contributed by atoms with van der Waals surface area (Å²) in [7, 11) is 4.40. The highest BCUT2D eigenvalue weighted by Crippen LogP contribution is 2.37. The number of benzene rings is 1. The number of nitrogens with one attached hydrogen (secondary N) is 1. The van der Waals surface area contributed by atoms with Gasteiger partial charge in [0.15, 0.2) is 0 Å². The van der Waals surface area contributed by atoms with E-state index in [-0.39, 0.29) is 0 Å². The van der Waals surface area contributed by atoms with Crippen molar-refractivity contribution in [3.05, 3.63) is 35.4 Å². The molecule has 0 aromatic heterocycles. The summed E-state index contributed by atoms with van der Waals surface area (Å²) in [5, 5.41) is 3.53. The van der Waals surface area contributed by atoms with E-state index in [9.17, 15) is 0 Å². The number of aryl methyl sites for hydroxylation is 1. The van der Waals surface area contributed by atoms with Crippen molar-refractivity contribution in [2.24, 2.45) is 0 Å². The Hall–Kier alpha value is -0.860. The lowest BCUT2D eigenvalue weighted by atomic mass is 9.83. The topological polar surface area (TPSA) is 15.3 Å². The highest BCUT2D eigenvalue weighted by atomic mass is 15.2. The molecule has 1 aromatic rings. The maximum atomic E-state index is 3.53.